The average Bonchev–Trinajstić information content (AvgIpc) is 2.96. The van der Waals surface area contributed by atoms with Crippen LogP contribution in [0.3, 0.4) is 0 Å². The molecule has 0 aliphatic carbocycles. The molecule has 0 saturated carbocycles. The Kier molecular flexibility index (Phi) is 8.01. The van der Waals surface area contributed by atoms with E-state index >= 15 is 0 Å². The Morgan fingerprint density at radius 2 is 2.03 bits per heavy atom. The van der Waals surface area contributed by atoms with Crippen molar-refractivity contribution < 1.29 is 33.4 Å². The maximum absolute atomic E-state index is 13.3. The number of benzene rings is 2. The van der Waals surface area contributed by atoms with E-state index in [0.29, 0.717) is 27.1 Å². The highest BCUT2D eigenvalue weighted by Crippen LogP contribution is 2.38. The second-order valence-electron chi connectivity index (χ2n) is 6.45. The van der Waals surface area contributed by atoms with Gasteiger partial charge in [-0.15, -0.1) is 0 Å². The predicted octanol–water partition coefficient (Wildman–Crippen LogP) is 5.18. The van der Waals surface area contributed by atoms with E-state index in [0.717, 1.165) is 22.7 Å². The lowest BCUT2D eigenvalue weighted by atomic mass is 10.1. The molecule has 1 N–H and O–H groups in total. The van der Waals surface area contributed by atoms with Crippen LogP contribution in [0.1, 0.15) is 18.1 Å². The summed E-state index contributed by atoms with van der Waals surface area (Å²) in [7, 11) is 0. The van der Waals surface area contributed by atoms with Crippen LogP contribution in [0.2, 0.25) is 5.02 Å². The van der Waals surface area contributed by atoms with Gasteiger partial charge in [0.05, 0.1) is 21.6 Å². The smallest absolute Gasteiger partial charge is 0.341 e. The van der Waals surface area contributed by atoms with Crippen molar-refractivity contribution in [1.82, 2.24) is 4.90 Å². The van der Waals surface area contributed by atoms with Gasteiger partial charge < -0.3 is 14.6 Å². The second kappa shape index (κ2) is 10.5. The zero-order valence-electron chi connectivity index (χ0n) is 16.6. The Bertz CT molecular complexity index is 1130. The molecule has 1 aliphatic rings. The van der Waals surface area contributed by atoms with Gasteiger partial charge in [0, 0.05) is 5.02 Å². The third-order valence-electron chi connectivity index (χ3n) is 4.19. The summed E-state index contributed by atoms with van der Waals surface area (Å²) in [6.45, 7) is 1.48. The summed E-state index contributed by atoms with van der Waals surface area (Å²) in [4.78, 5) is 37.3. The number of hydrogen-bond donors (Lipinski definition) is 1. The molecule has 0 bridgehead atoms. The highest BCUT2D eigenvalue weighted by Gasteiger charge is 2.35. The third kappa shape index (κ3) is 5.73. The van der Waals surface area contributed by atoms with Gasteiger partial charge in [-0.05, 0) is 82.7 Å². The topological polar surface area (TPSA) is 93.1 Å². The van der Waals surface area contributed by atoms with Gasteiger partial charge in [-0.25, -0.2) is 9.18 Å². The standard InChI is InChI=1S/C21H16ClFINO6S/c1-2-30-16-6-11(5-15(24)19(16)31-10-18(26)27)7-17-20(28)25(21(29)32-17)9-12-3-4-13(23)8-14(12)22/h3-8H,2,9-10H2,1H3,(H,26,27)/b17-7-. The van der Waals surface area contributed by atoms with Crippen molar-refractivity contribution in [1.29, 1.82) is 0 Å². The van der Waals surface area contributed by atoms with Crippen LogP contribution in [-0.4, -0.2) is 40.3 Å². The van der Waals surface area contributed by atoms with Gasteiger partial charge >= 0.3 is 5.97 Å². The molecule has 3 rings (SSSR count). The fourth-order valence-electron chi connectivity index (χ4n) is 2.82. The molecular formula is C21H16ClFINO6S. The summed E-state index contributed by atoms with van der Waals surface area (Å²) in [5.41, 5.74) is 1.02. The number of carboxylic acids is 1. The molecule has 1 heterocycles. The van der Waals surface area contributed by atoms with Crippen LogP contribution in [0.15, 0.2) is 35.2 Å². The molecule has 2 amide bonds. The van der Waals surface area contributed by atoms with E-state index in [1.165, 1.54) is 12.1 Å². The van der Waals surface area contributed by atoms with E-state index in [1.54, 1.807) is 25.1 Å². The van der Waals surface area contributed by atoms with Crippen LogP contribution in [-0.2, 0) is 16.1 Å². The van der Waals surface area contributed by atoms with Gasteiger partial charge in [0.15, 0.2) is 18.1 Å². The van der Waals surface area contributed by atoms with Gasteiger partial charge in [-0.3, -0.25) is 14.5 Å². The number of halogens is 3. The number of carboxylic acid groups (broad SMARTS) is 1. The summed E-state index contributed by atoms with van der Waals surface area (Å²) in [6, 6.07) is 7.05. The number of ether oxygens (including phenoxy) is 2. The van der Waals surface area contributed by atoms with Crippen molar-refractivity contribution in [2.75, 3.05) is 13.2 Å². The largest absolute Gasteiger partial charge is 0.490 e. The number of nitrogens with zero attached hydrogens (tertiary/aromatic N) is 1. The van der Waals surface area contributed by atoms with Gasteiger partial charge in [-0.1, -0.05) is 17.7 Å². The fraction of sp³-hybridized carbons (Fsp3) is 0.190. The summed E-state index contributed by atoms with van der Waals surface area (Å²) in [5, 5.41) is 8.52. The lowest BCUT2D eigenvalue weighted by Crippen LogP contribution is -2.27. The Morgan fingerprint density at radius 1 is 1.28 bits per heavy atom. The first-order chi connectivity index (χ1) is 15.2. The molecule has 0 radical (unpaired) electrons. The van der Waals surface area contributed by atoms with Crippen LogP contribution >= 0.6 is 46.0 Å². The van der Waals surface area contributed by atoms with Crippen molar-refractivity contribution in [2.24, 2.45) is 0 Å². The Hall–Kier alpha value is -2.31. The molecule has 2 aromatic rings. The normalized spacial score (nSPS) is 14.9. The molecule has 0 spiro atoms. The summed E-state index contributed by atoms with van der Waals surface area (Å²) >= 11 is 8.78. The lowest BCUT2D eigenvalue weighted by molar-refractivity contribution is -0.139. The van der Waals surface area contributed by atoms with Crippen molar-refractivity contribution in [3.63, 3.8) is 0 Å². The molecule has 1 fully saturated rings. The average molecular weight is 592 g/mol. The minimum Gasteiger partial charge on any atom is -0.490 e. The molecule has 1 aliphatic heterocycles. The molecule has 168 valence electrons. The molecule has 1 saturated heterocycles. The summed E-state index contributed by atoms with van der Waals surface area (Å²) in [6.07, 6.45) is 1.54. The maximum Gasteiger partial charge on any atom is 0.341 e. The number of hydrogen-bond acceptors (Lipinski definition) is 6. The molecule has 7 nitrogen and oxygen atoms in total. The Morgan fingerprint density at radius 3 is 2.69 bits per heavy atom. The zero-order valence-corrected chi connectivity index (χ0v) is 20.3. The second-order valence-corrected chi connectivity index (χ2v) is 9.01. The molecule has 32 heavy (non-hydrogen) atoms. The first kappa shape index (κ1) is 24.3. The number of amides is 2. The first-order valence-electron chi connectivity index (χ1n) is 9.19. The van der Waals surface area contributed by atoms with Crippen LogP contribution in [0.4, 0.5) is 9.18 Å². The molecule has 2 aromatic carbocycles. The third-order valence-corrected chi connectivity index (χ3v) is 6.25. The van der Waals surface area contributed by atoms with Crippen LogP contribution in [0.5, 0.6) is 11.5 Å². The van der Waals surface area contributed by atoms with E-state index in [1.807, 2.05) is 22.6 Å². The van der Waals surface area contributed by atoms with Crippen LogP contribution in [0, 0.1) is 9.39 Å². The number of carbonyl (C=O) groups is 3. The molecule has 0 unspecified atom stereocenters. The van der Waals surface area contributed by atoms with Gasteiger partial charge in [0.25, 0.3) is 11.1 Å². The number of imide groups is 1. The fourth-order valence-corrected chi connectivity index (χ4v) is 4.66. The lowest BCUT2D eigenvalue weighted by Gasteiger charge is -2.14. The molecule has 11 heteroatoms. The van der Waals surface area contributed by atoms with Crippen molar-refractivity contribution in [3.8, 4) is 11.5 Å². The highest BCUT2D eigenvalue weighted by atomic mass is 127. The minimum atomic E-state index is -1.12. The van der Waals surface area contributed by atoms with Crippen LogP contribution < -0.4 is 9.47 Å². The zero-order chi connectivity index (χ0) is 23.4. The SMILES string of the molecule is CCOc1cc(/C=C2\SC(=O)N(Cc3ccc(F)cc3Cl)C2=O)cc(I)c1OCC(=O)O. The number of thioether (sulfide) groups is 1. The van der Waals surface area contributed by atoms with E-state index in [4.69, 9.17) is 26.2 Å². The van der Waals surface area contributed by atoms with Gasteiger partial charge in [0.2, 0.25) is 0 Å². The summed E-state index contributed by atoms with van der Waals surface area (Å²) in [5.74, 6) is -1.53. The predicted molar refractivity (Wildman–Crippen MR) is 126 cm³/mol. The monoisotopic (exact) mass is 591 g/mol. The first-order valence-corrected chi connectivity index (χ1v) is 11.5. The number of rotatable bonds is 8. The Labute approximate surface area is 205 Å². The molecular weight excluding hydrogens is 576 g/mol. The van der Waals surface area contributed by atoms with E-state index < -0.39 is 29.5 Å². The van der Waals surface area contributed by atoms with Crippen molar-refractivity contribution in [3.05, 3.63) is 60.8 Å². The number of aliphatic carboxylic acids is 1. The minimum absolute atomic E-state index is 0.0786. The van der Waals surface area contributed by atoms with E-state index in [9.17, 15) is 18.8 Å². The molecule has 0 atom stereocenters. The van der Waals surface area contributed by atoms with Crippen molar-refractivity contribution >= 4 is 69.1 Å². The van der Waals surface area contributed by atoms with E-state index in [-0.39, 0.29) is 22.2 Å². The maximum atomic E-state index is 13.3. The van der Waals surface area contributed by atoms with Gasteiger partial charge in [-0.2, -0.15) is 0 Å². The van der Waals surface area contributed by atoms with Crippen LogP contribution in [0.25, 0.3) is 6.08 Å². The summed E-state index contributed by atoms with van der Waals surface area (Å²) < 4.78 is 24.7. The van der Waals surface area contributed by atoms with E-state index in [2.05, 4.69) is 0 Å². The quantitative estimate of drug-likeness (QED) is 0.334. The van der Waals surface area contributed by atoms with Crippen molar-refractivity contribution in [2.45, 2.75) is 13.5 Å². The number of carbonyl (C=O) groups excluding carboxylic acids is 2. The van der Waals surface area contributed by atoms with Gasteiger partial charge in [0.1, 0.15) is 5.82 Å². The molecule has 0 aromatic heterocycles. The Balaban J connectivity index is 1.86. The highest BCUT2D eigenvalue weighted by molar-refractivity contribution is 14.1.